The Labute approximate surface area is 125 Å². The van der Waals surface area contributed by atoms with E-state index < -0.39 is 6.10 Å². The van der Waals surface area contributed by atoms with Gasteiger partial charge in [-0.25, -0.2) is 0 Å². The number of β-amino-alcohol motifs (C(OH)–C–C–N with tert-alkyl or cyclic N) is 1. The van der Waals surface area contributed by atoms with Crippen LogP contribution in [0.4, 0.5) is 0 Å². The molecule has 0 radical (unpaired) electrons. The van der Waals surface area contributed by atoms with Gasteiger partial charge < -0.3 is 14.9 Å². The van der Waals surface area contributed by atoms with Crippen molar-refractivity contribution in [2.75, 3.05) is 32.7 Å². The van der Waals surface area contributed by atoms with Gasteiger partial charge in [-0.05, 0) is 31.9 Å². The summed E-state index contributed by atoms with van der Waals surface area (Å²) in [4.78, 5) is 15.7. The first-order chi connectivity index (χ1) is 10.2. The third-order valence-electron chi connectivity index (χ3n) is 4.54. The van der Waals surface area contributed by atoms with Crippen molar-refractivity contribution < 1.29 is 9.90 Å². The van der Waals surface area contributed by atoms with Gasteiger partial charge in [0.1, 0.15) is 0 Å². The third kappa shape index (κ3) is 3.63. The minimum absolute atomic E-state index is 0.183. The summed E-state index contributed by atoms with van der Waals surface area (Å²) in [5.74, 6) is 0.657. The lowest BCUT2D eigenvalue weighted by Gasteiger charge is -2.34. The summed E-state index contributed by atoms with van der Waals surface area (Å²) in [6.45, 7) is 3.90. The molecule has 0 saturated carbocycles. The Bertz CT molecular complexity index is 462. The van der Waals surface area contributed by atoms with E-state index >= 15 is 0 Å². The van der Waals surface area contributed by atoms with Crippen LogP contribution in [-0.4, -0.2) is 69.8 Å². The van der Waals surface area contributed by atoms with Crippen LogP contribution >= 0.6 is 0 Å². The first-order valence-corrected chi connectivity index (χ1v) is 7.90. The van der Waals surface area contributed by atoms with Crippen LogP contribution < -0.4 is 0 Å². The lowest BCUT2D eigenvalue weighted by molar-refractivity contribution is -0.129. The second-order valence-electron chi connectivity index (χ2n) is 6.21. The van der Waals surface area contributed by atoms with Crippen LogP contribution in [0.2, 0.25) is 0 Å². The highest BCUT2D eigenvalue weighted by Crippen LogP contribution is 2.25. The molecule has 2 atom stereocenters. The number of likely N-dealkylation sites (tertiary alicyclic amines) is 2. The van der Waals surface area contributed by atoms with Crippen LogP contribution in [0.3, 0.4) is 0 Å². The first kappa shape index (κ1) is 14.5. The van der Waals surface area contributed by atoms with E-state index in [0.29, 0.717) is 25.4 Å². The Kier molecular flexibility index (Phi) is 4.55. The fraction of sp³-hybridized carbons (Fsp3) is 0.733. The monoisotopic (exact) mass is 292 g/mol. The summed E-state index contributed by atoms with van der Waals surface area (Å²) >= 11 is 0. The average Bonchev–Trinajstić information content (AvgIpc) is 3.12. The first-order valence-electron chi connectivity index (χ1n) is 7.90. The van der Waals surface area contributed by atoms with E-state index in [2.05, 4.69) is 15.1 Å². The Morgan fingerprint density at radius 3 is 3.00 bits per heavy atom. The van der Waals surface area contributed by atoms with Crippen molar-refractivity contribution in [3.8, 4) is 0 Å². The molecular weight excluding hydrogens is 268 g/mol. The second kappa shape index (κ2) is 6.58. The largest absolute Gasteiger partial charge is 0.390 e. The lowest BCUT2D eigenvalue weighted by atomic mass is 9.95. The number of aromatic amines is 1. The highest BCUT2D eigenvalue weighted by molar-refractivity contribution is 5.78. The minimum atomic E-state index is -0.451. The second-order valence-corrected chi connectivity index (χ2v) is 6.21. The Morgan fingerprint density at radius 1 is 1.38 bits per heavy atom. The van der Waals surface area contributed by atoms with E-state index in [-0.39, 0.29) is 5.91 Å². The quantitative estimate of drug-likeness (QED) is 0.832. The van der Waals surface area contributed by atoms with Crippen molar-refractivity contribution in [1.82, 2.24) is 20.0 Å². The van der Waals surface area contributed by atoms with Gasteiger partial charge in [0.15, 0.2) is 0 Å². The van der Waals surface area contributed by atoms with E-state index in [9.17, 15) is 9.90 Å². The van der Waals surface area contributed by atoms with Gasteiger partial charge in [0, 0.05) is 50.4 Å². The number of amides is 1. The third-order valence-corrected chi connectivity index (χ3v) is 4.54. The van der Waals surface area contributed by atoms with E-state index in [1.165, 1.54) is 12.1 Å². The number of nitrogens with one attached hydrogen (secondary N) is 1. The van der Waals surface area contributed by atoms with Crippen LogP contribution in [0, 0.1) is 0 Å². The molecule has 3 rings (SSSR count). The molecule has 21 heavy (non-hydrogen) atoms. The predicted molar refractivity (Wildman–Crippen MR) is 78.8 cm³/mol. The van der Waals surface area contributed by atoms with Crippen molar-refractivity contribution in [2.24, 2.45) is 0 Å². The van der Waals surface area contributed by atoms with Crippen molar-refractivity contribution in [1.29, 1.82) is 0 Å². The number of piperidine rings is 1. The Balaban J connectivity index is 1.49. The number of rotatable bonds is 5. The molecule has 0 bridgehead atoms. The standard InChI is InChI=1S/C15H24N4O2/c20-13(11-19-8-2-4-15(19)21)10-18-7-1-3-12(9-18)14-5-6-16-17-14/h5-6,12-13,20H,1-4,7-11H2,(H,16,17). The minimum Gasteiger partial charge on any atom is -0.390 e. The average molecular weight is 292 g/mol. The van der Waals surface area contributed by atoms with Gasteiger partial charge in [-0.2, -0.15) is 5.10 Å². The number of aromatic nitrogens is 2. The van der Waals surface area contributed by atoms with Gasteiger partial charge in [-0.1, -0.05) is 0 Å². The fourth-order valence-electron chi connectivity index (χ4n) is 3.48. The highest BCUT2D eigenvalue weighted by Gasteiger charge is 2.26. The SMILES string of the molecule is O=C1CCCN1CC(O)CN1CCCC(c2ccn[nH]2)C1. The molecule has 3 heterocycles. The summed E-state index contributed by atoms with van der Waals surface area (Å²) in [6.07, 6.45) is 5.21. The number of hydrogen-bond donors (Lipinski definition) is 2. The zero-order valence-corrected chi connectivity index (χ0v) is 12.4. The number of H-pyrrole nitrogens is 1. The maximum Gasteiger partial charge on any atom is 0.222 e. The number of carbonyl (C=O) groups excluding carboxylic acids is 1. The molecular formula is C15H24N4O2. The normalized spacial score (nSPS) is 25.5. The number of carbonyl (C=O) groups is 1. The van der Waals surface area contributed by atoms with Gasteiger partial charge in [0.05, 0.1) is 6.10 Å². The number of hydrogen-bond acceptors (Lipinski definition) is 4. The van der Waals surface area contributed by atoms with E-state index in [0.717, 1.165) is 32.5 Å². The predicted octanol–water partition coefficient (Wildman–Crippen LogP) is 0.572. The van der Waals surface area contributed by atoms with Crippen molar-refractivity contribution in [3.63, 3.8) is 0 Å². The zero-order valence-electron chi connectivity index (χ0n) is 12.4. The van der Waals surface area contributed by atoms with Gasteiger partial charge in [0.2, 0.25) is 5.91 Å². The summed E-state index contributed by atoms with van der Waals surface area (Å²) in [7, 11) is 0. The Hall–Kier alpha value is -1.40. The van der Waals surface area contributed by atoms with Crippen LogP contribution in [-0.2, 0) is 4.79 Å². The molecule has 0 aromatic carbocycles. The van der Waals surface area contributed by atoms with E-state index in [1.54, 1.807) is 11.1 Å². The van der Waals surface area contributed by atoms with Gasteiger partial charge >= 0.3 is 0 Å². The molecule has 2 saturated heterocycles. The number of nitrogens with zero attached hydrogens (tertiary/aromatic N) is 3. The van der Waals surface area contributed by atoms with Crippen molar-refractivity contribution in [3.05, 3.63) is 18.0 Å². The summed E-state index contributed by atoms with van der Waals surface area (Å²) in [5.41, 5.74) is 1.18. The van der Waals surface area contributed by atoms with Crippen LogP contribution in [0.25, 0.3) is 0 Å². The molecule has 1 aromatic heterocycles. The van der Waals surface area contributed by atoms with Gasteiger partial charge in [-0.3, -0.25) is 9.89 Å². The zero-order chi connectivity index (χ0) is 14.7. The maximum atomic E-state index is 11.6. The summed E-state index contributed by atoms with van der Waals surface area (Å²) < 4.78 is 0. The molecule has 2 unspecified atom stereocenters. The maximum absolute atomic E-state index is 11.6. The molecule has 116 valence electrons. The fourth-order valence-corrected chi connectivity index (χ4v) is 3.48. The molecule has 6 nitrogen and oxygen atoms in total. The topological polar surface area (TPSA) is 72.5 Å². The lowest BCUT2D eigenvalue weighted by Crippen LogP contribution is -2.44. The number of aliphatic hydroxyl groups is 1. The van der Waals surface area contributed by atoms with Crippen LogP contribution in [0.15, 0.2) is 12.3 Å². The smallest absolute Gasteiger partial charge is 0.222 e. The molecule has 2 N–H and O–H groups in total. The molecule has 2 aliphatic heterocycles. The molecule has 1 amide bonds. The van der Waals surface area contributed by atoms with E-state index in [4.69, 9.17) is 0 Å². The molecule has 1 aromatic rings. The molecule has 0 spiro atoms. The molecule has 0 aliphatic carbocycles. The molecule has 2 fully saturated rings. The van der Waals surface area contributed by atoms with Crippen molar-refractivity contribution >= 4 is 5.91 Å². The summed E-state index contributed by atoms with van der Waals surface area (Å²) in [6, 6.07) is 2.04. The molecule has 6 heteroatoms. The van der Waals surface area contributed by atoms with Crippen LogP contribution in [0.5, 0.6) is 0 Å². The van der Waals surface area contributed by atoms with Crippen LogP contribution in [0.1, 0.15) is 37.3 Å². The molecule has 2 aliphatic rings. The summed E-state index contributed by atoms with van der Waals surface area (Å²) in [5, 5.41) is 17.3. The van der Waals surface area contributed by atoms with Gasteiger partial charge in [0.25, 0.3) is 0 Å². The Morgan fingerprint density at radius 2 is 2.29 bits per heavy atom. The van der Waals surface area contributed by atoms with E-state index in [1.807, 2.05) is 6.07 Å². The highest BCUT2D eigenvalue weighted by atomic mass is 16.3. The van der Waals surface area contributed by atoms with Gasteiger partial charge in [-0.15, -0.1) is 0 Å². The number of aliphatic hydroxyl groups excluding tert-OH is 1. The van der Waals surface area contributed by atoms with Crippen molar-refractivity contribution in [2.45, 2.75) is 37.7 Å².